The number of benzene rings is 1. The van der Waals surface area contributed by atoms with Crippen LogP contribution in [0.3, 0.4) is 0 Å². The molecule has 110 valence electrons. The molecule has 0 atom stereocenters. The summed E-state index contributed by atoms with van der Waals surface area (Å²) in [5.74, 6) is 0.240. The molecule has 0 unspecified atom stereocenters. The summed E-state index contributed by atoms with van der Waals surface area (Å²) in [6.07, 6.45) is 1.10. The molecule has 1 aromatic heterocycles. The van der Waals surface area contributed by atoms with E-state index in [1.807, 2.05) is 0 Å². The normalized spacial score (nSPS) is 10.2. The van der Waals surface area contributed by atoms with Crippen molar-refractivity contribution in [1.29, 1.82) is 0 Å². The fourth-order valence-electron chi connectivity index (χ4n) is 1.54. The van der Waals surface area contributed by atoms with Gasteiger partial charge in [-0.25, -0.2) is 4.98 Å². The molecule has 0 fully saturated rings. The molecule has 2 rings (SSSR count). The standard InChI is InChI=1S/C12H12ClN5O3/c13-8-1-3-9(4-2-8)16-12-15-7-10(18(20)21)11(17-12)14-5-6-19/h1-4,7,19H,5-6H2,(H2,14,15,16,17). The van der Waals surface area contributed by atoms with Gasteiger partial charge >= 0.3 is 5.69 Å². The average Bonchev–Trinajstić information content (AvgIpc) is 2.47. The predicted octanol–water partition coefficient (Wildman–Crippen LogP) is 2.19. The first-order chi connectivity index (χ1) is 10.1. The van der Waals surface area contributed by atoms with Gasteiger partial charge in [0.1, 0.15) is 6.20 Å². The molecule has 1 aromatic carbocycles. The number of nitro groups is 1. The number of anilines is 3. The lowest BCUT2D eigenvalue weighted by Gasteiger charge is -2.08. The van der Waals surface area contributed by atoms with E-state index in [4.69, 9.17) is 16.7 Å². The van der Waals surface area contributed by atoms with Crippen LogP contribution in [0.5, 0.6) is 0 Å². The van der Waals surface area contributed by atoms with Gasteiger partial charge in [0.2, 0.25) is 11.8 Å². The molecule has 0 saturated heterocycles. The summed E-state index contributed by atoms with van der Waals surface area (Å²) in [6.45, 7) is -0.0145. The minimum Gasteiger partial charge on any atom is -0.395 e. The van der Waals surface area contributed by atoms with Gasteiger partial charge in [-0.1, -0.05) is 11.6 Å². The zero-order valence-corrected chi connectivity index (χ0v) is 11.5. The highest BCUT2D eigenvalue weighted by Crippen LogP contribution is 2.23. The number of aliphatic hydroxyl groups is 1. The third kappa shape index (κ3) is 4.01. The molecule has 9 heteroatoms. The van der Waals surface area contributed by atoms with E-state index in [9.17, 15) is 10.1 Å². The van der Waals surface area contributed by atoms with E-state index in [1.165, 1.54) is 0 Å². The lowest BCUT2D eigenvalue weighted by atomic mass is 10.3. The van der Waals surface area contributed by atoms with Gasteiger partial charge < -0.3 is 15.7 Å². The van der Waals surface area contributed by atoms with Crippen LogP contribution in [0, 0.1) is 10.1 Å². The molecule has 21 heavy (non-hydrogen) atoms. The van der Waals surface area contributed by atoms with E-state index in [2.05, 4.69) is 20.6 Å². The van der Waals surface area contributed by atoms with Gasteiger partial charge in [0.25, 0.3) is 0 Å². The van der Waals surface area contributed by atoms with Gasteiger partial charge in [-0.05, 0) is 24.3 Å². The Bertz CT molecular complexity index is 635. The summed E-state index contributed by atoms with van der Waals surface area (Å²) in [6, 6.07) is 6.85. The molecule has 3 N–H and O–H groups in total. The van der Waals surface area contributed by atoms with E-state index in [0.29, 0.717) is 10.7 Å². The van der Waals surface area contributed by atoms with E-state index < -0.39 is 4.92 Å². The molecule has 0 spiro atoms. The lowest BCUT2D eigenvalue weighted by Crippen LogP contribution is -2.10. The van der Waals surface area contributed by atoms with Crippen LogP contribution in [0.2, 0.25) is 5.02 Å². The van der Waals surface area contributed by atoms with Gasteiger partial charge in [-0.3, -0.25) is 10.1 Å². The Labute approximate surface area is 125 Å². The van der Waals surface area contributed by atoms with Crippen LogP contribution in [-0.4, -0.2) is 33.1 Å². The van der Waals surface area contributed by atoms with Crippen molar-refractivity contribution in [2.24, 2.45) is 0 Å². The summed E-state index contributed by atoms with van der Waals surface area (Å²) in [7, 11) is 0. The number of nitrogens with one attached hydrogen (secondary N) is 2. The van der Waals surface area contributed by atoms with Crippen molar-refractivity contribution in [3.8, 4) is 0 Å². The second-order valence-corrected chi connectivity index (χ2v) is 4.40. The molecule has 0 amide bonds. The van der Waals surface area contributed by atoms with Crippen LogP contribution < -0.4 is 10.6 Å². The van der Waals surface area contributed by atoms with E-state index in [1.54, 1.807) is 24.3 Å². The van der Waals surface area contributed by atoms with Crippen molar-refractivity contribution in [3.05, 3.63) is 45.6 Å². The molecule has 0 radical (unpaired) electrons. The summed E-state index contributed by atoms with van der Waals surface area (Å²) in [5.41, 5.74) is 0.437. The highest BCUT2D eigenvalue weighted by Gasteiger charge is 2.16. The van der Waals surface area contributed by atoms with Gasteiger partial charge in [0.15, 0.2) is 0 Å². The molecule has 0 aliphatic heterocycles. The van der Waals surface area contributed by atoms with Crippen LogP contribution in [-0.2, 0) is 0 Å². The smallest absolute Gasteiger partial charge is 0.329 e. The first-order valence-corrected chi connectivity index (χ1v) is 6.36. The number of hydrogen-bond acceptors (Lipinski definition) is 7. The Morgan fingerprint density at radius 3 is 2.67 bits per heavy atom. The maximum absolute atomic E-state index is 10.9. The molecule has 0 aliphatic rings. The molecule has 0 aliphatic carbocycles. The third-order valence-electron chi connectivity index (χ3n) is 2.47. The molecular weight excluding hydrogens is 298 g/mol. The second-order valence-electron chi connectivity index (χ2n) is 3.97. The number of rotatable bonds is 6. The van der Waals surface area contributed by atoms with Crippen molar-refractivity contribution < 1.29 is 10.0 Å². The maximum Gasteiger partial charge on any atom is 0.329 e. The summed E-state index contributed by atoms with van der Waals surface area (Å²) in [4.78, 5) is 18.2. The van der Waals surface area contributed by atoms with E-state index in [0.717, 1.165) is 6.20 Å². The van der Waals surface area contributed by atoms with Gasteiger partial charge in [0, 0.05) is 17.3 Å². The van der Waals surface area contributed by atoms with Crippen LogP contribution in [0.15, 0.2) is 30.5 Å². The van der Waals surface area contributed by atoms with E-state index >= 15 is 0 Å². The Hall–Kier alpha value is -2.45. The first-order valence-electron chi connectivity index (χ1n) is 5.99. The molecule has 1 heterocycles. The second kappa shape index (κ2) is 6.82. The van der Waals surface area contributed by atoms with Crippen LogP contribution in [0.25, 0.3) is 0 Å². The first kappa shape index (κ1) is 14.9. The Balaban J connectivity index is 2.23. The SMILES string of the molecule is O=[N+]([O-])c1cnc(Nc2ccc(Cl)cc2)nc1NCCO. The number of nitrogens with zero attached hydrogens (tertiary/aromatic N) is 3. The topological polar surface area (TPSA) is 113 Å². The van der Waals surface area contributed by atoms with Gasteiger partial charge in [-0.2, -0.15) is 4.98 Å². The van der Waals surface area contributed by atoms with Crippen molar-refractivity contribution >= 4 is 34.7 Å². The summed E-state index contributed by atoms with van der Waals surface area (Å²) < 4.78 is 0. The van der Waals surface area contributed by atoms with Crippen molar-refractivity contribution in [1.82, 2.24) is 9.97 Å². The quantitative estimate of drug-likeness (QED) is 0.553. The molecular formula is C12H12ClN5O3. The zero-order valence-electron chi connectivity index (χ0n) is 10.8. The van der Waals surface area contributed by atoms with Crippen LogP contribution >= 0.6 is 11.6 Å². The summed E-state index contributed by atoms with van der Waals surface area (Å²) in [5, 5.41) is 25.8. The predicted molar refractivity (Wildman–Crippen MR) is 79.0 cm³/mol. The molecule has 0 bridgehead atoms. The minimum absolute atomic E-state index is 0.0421. The lowest BCUT2D eigenvalue weighted by molar-refractivity contribution is -0.384. The Morgan fingerprint density at radius 2 is 2.05 bits per heavy atom. The average molecular weight is 310 g/mol. The van der Waals surface area contributed by atoms with Crippen molar-refractivity contribution in [3.63, 3.8) is 0 Å². The number of hydrogen-bond donors (Lipinski definition) is 3. The number of aromatic nitrogens is 2. The molecule has 0 saturated carbocycles. The zero-order chi connectivity index (χ0) is 15.2. The third-order valence-corrected chi connectivity index (χ3v) is 2.72. The Morgan fingerprint density at radius 1 is 1.33 bits per heavy atom. The highest BCUT2D eigenvalue weighted by atomic mass is 35.5. The largest absolute Gasteiger partial charge is 0.395 e. The van der Waals surface area contributed by atoms with Crippen LogP contribution in [0.4, 0.5) is 23.1 Å². The van der Waals surface area contributed by atoms with Crippen molar-refractivity contribution in [2.45, 2.75) is 0 Å². The monoisotopic (exact) mass is 309 g/mol. The van der Waals surface area contributed by atoms with Crippen molar-refractivity contribution in [2.75, 3.05) is 23.8 Å². The number of halogens is 1. The fraction of sp³-hybridized carbons (Fsp3) is 0.167. The number of aliphatic hydroxyl groups excluding tert-OH is 1. The molecule has 2 aromatic rings. The Kier molecular flexibility index (Phi) is 4.85. The summed E-state index contributed by atoms with van der Waals surface area (Å²) >= 11 is 5.79. The minimum atomic E-state index is -0.591. The van der Waals surface area contributed by atoms with Gasteiger partial charge in [-0.15, -0.1) is 0 Å². The highest BCUT2D eigenvalue weighted by molar-refractivity contribution is 6.30. The van der Waals surface area contributed by atoms with Crippen LogP contribution in [0.1, 0.15) is 0 Å². The van der Waals surface area contributed by atoms with E-state index in [-0.39, 0.29) is 30.6 Å². The maximum atomic E-state index is 10.9. The molecule has 8 nitrogen and oxygen atoms in total. The van der Waals surface area contributed by atoms with Gasteiger partial charge in [0.05, 0.1) is 11.5 Å². The fourth-order valence-corrected chi connectivity index (χ4v) is 1.66.